The Bertz CT molecular complexity index is 1190. The van der Waals surface area contributed by atoms with Gasteiger partial charge in [-0.25, -0.2) is 4.79 Å². The predicted molar refractivity (Wildman–Crippen MR) is 101 cm³/mol. The maximum atomic E-state index is 11.8. The largest absolute Gasteiger partial charge is 0.462 e. The van der Waals surface area contributed by atoms with Crippen LogP contribution in [0.3, 0.4) is 0 Å². The van der Waals surface area contributed by atoms with E-state index >= 15 is 0 Å². The van der Waals surface area contributed by atoms with Crippen molar-refractivity contribution in [2.75, 3.05) is 10.6 Å². The second kappa shape index (κ2) is 6.07. The van der Waals surface area contributed by atoms with Gasteiger partial charge in [-0.3, -0.25) is 4.79 Å². The molecule has 4 rings (SSSR count). The van der Waals surface area contributed by atoms with Gasteiger partial charge in [0, 0.05) is 29.8 Å². The highest BCUT2D eigenvalue weighted by Gasteiger charge is 2.14. The minimum absolute atomic E-state index is 0.122. The number of carbonyl (C=O) groups excluding carboxylic acids is 1. The van der Waals surface area contributed by atoms with Gasteiger partial charge in [0.1, 0.15) is 11.8 Å². The van der Waals surface area contributed by atoms with Gasteiger partial charge in [-0.15, -0.1) is 0 Å². The van der Waals surface area contributed by atoms with Crippen molar-refractivity contribution in [3.8, 4) is 0 Å². The lowest BCUT2D eigenvalue weighted by atomic mass is 10.1. The topological polar surface area (TPSA) is 84.5 Å². The third-order valence-corrected chi connectivity index (χ3v) is 4.14. The molecule has 0 aliphatic rings. The molecule has 0 atom stereocenters. The van der Waals surface area contributed by atoms with Crippen LogP contribution in [-0.4, -0.2) is 5.91 Å². The maximum absolute atomic E-state index is 11.8. The first-order chi connectivity index (χ1) is 12.5. The predicted octanol–water partition coefficient (Wildman–Crippen LogP) is 4.55. The molecule has 0 unspecified atom stereocenters. The van der Waals surface area contributed by atoms with Crippen LogP contribution in [0.1, 0.15) is 12.5 Å². The summed E-state index contributed by atoms with van der Waals surface area (Å²) in [6.07, 6.45) is 1.59. The van der Waals surface area contributed by atoms with Gasteiger partial charge in [0.15, 0.2) is 5.58 Å². The average molecular weight is 348 g/mol. The van der Waals surface area contributed by atoms with Gasteiger partial charge in [0.05, 0.1) is 11.1 Å². The lowest BCUT2D eigenvalue weighted by Gasteiger charge is -2.07. The summed E-state index contributed by atoms with van der Waals surface area (Å²) in [6.45, 7) is 3.34. The minimum Gasteiger partial charge on any atom is -0.462 e. The van der Waals surface area contributed by atoms with E-state index in [0.717, 1.165) is 16.6 Å². The first-order valence-electron chi connectivity index (χ1n) is 8.10. The Morgan fingerprint density at radius 2 is 1.77 bits per heavy atom. The van der Waals surface area contributed by atoms with E-state index in [0.29, 0.717) is 27.9 Å². The minimum atomic E-state index is -0.394. The Labute approximate surface area is 148 Å². The third kappa shape index (κ3) is 2.82. The molecule has 0 saturated carbocycles. The summed E-state index contributed by atoms with van der Waals surface area (Å²) < 4.78 is 11.1. The van der Waals surface area contributed by atoms with Crippen molar-refractivity contribution < 1.29 is 13.6 Å². The molecule has 0 bridgehead atoms. The molecule has 6 nitrogen and oxygen atoms in total. The number of carbonyl (C=O) groups is 1. The summed E-state index contributed by atoms with van der Waals surface area (Å²) >= 11 is 0. The van der Waals surface area contributed by atoms with Crippen molar-refractivity contribution >= 4 is 44.9 Å². The Balaban J connectivity index is 1.78. The summed E-state index contributed by atoms with van der Waals surface area (Å²) in [4.78, 5) is 22.9. The number of nitrogens with one attached hydrogen (secondary N) is 2. The molecule has 6 heteroatoms. The lowest BCUT2D eigenvalue weighted by molar-refractivity contribution is -0.114. The van der Waals surface area contributed by atoms with Crippen LogP contribution in [0.15, 0.2) is 62.4 Å². The molecule has 1 amide bonds. The van der Waals surface area contributed by atoms with E-state index in [1.165, 1.54) is 13.0 Å². The van der Waals surface area contributed by atoms with Gasteiger partial charge in [-0.2, -0.15) is 0 Å². The quantitative estimate of drug-likeness (QED) is 0.531. The fourth-order valence-electron chi connectivity index (χ4n) is 2.99. The van der Waals surface area contributed by atoms with Gasteiger partial charge in [-0.05, 0) is 48.9 Å². The van der Waals surface area contributed by atoms with Gasteiger partial charge < -0.3 is 19.5 Å². The molecule has 26 heavy (non-hydrogen) atoms. The van der Waals surface area contributed by atoms with Gasteiger partial charge in [-0.1, -0.05) is 0 Å². The smallest absolute Gasteiger partial charge is 0.336 e. The van der Waals surface area contributed by atoms with Crippen LogP contribution in [-0.2, 0) is 4.79 Å². The monoisotopic (exact) mass is 348 g/mol. The number of benzene rings is 2. The number of aryl methyl sites for hydroxylation is 1. The second-order valence-electron chi connectivity index (χ2n) is 6.10. The number of fused-ring (bicyclic) bond motifs is 3. The van der Waals surface area contributed by atoms with E-state index < -0.39 is 5.63 Å². The van der Waals surface area contributed by atoms with E-state index in [4.69, 9.17) is 8.83 Å². The molecule has 2 aromatic heterocycles. The summed E-state index contributed by atoms with van der Waals surface area (Å²) in [6, 6.07) is 12.5. The number of furan rings is 1. The highest BCUT2D eigenvalue weighted by atomic mass is 16.4. The molecule has 2 heterocycles. The normalized spacial score (nSPS) is 11.0. The van der Waals surface area contributed by atoms with Crippen LogP contribution >= 0.6 is 0 Å². The number of hydrogen-bond donors (Lipinski definition) is 2. The van der Waals surface area contributed by atoms with Crippen LogP contribution in [0.5, 0.6) is 0 Å². The SMILES string of the molecule is CC(=O)Nc1ccc(Nc2coc3ccc4c(C)cc(=O)oc4c23)cc1. The van der Waals surface area contributed by atoms with Crippen molar-refractivity contribution in [2.45, 2.75) is 13.8 Å². The molecule has 0 aliphatic heterocycles. The number of amides is 1. The third-order valence-electron chi connectivity index (χ3n) is 4.14. The standard InChI is InChI=1S/C20H16N2O4/c1-11-9-18(24)26-20-15(11)7-8-17-19(20)16(10-25-17)22-14-5-3-13(4-6-14)21-12(2)23/h3-10,22H,1-2H3,(H,21,23). The Hall–Kier alpha value is -3.54. The van der Waals surface area contributed by atoms with Crippen LogP contribution < -0.4 is 16.3 Å². The molecular formula is C20H16N2O4. The summed E-state index contributed by atoms with van der Waals surface area (Å²) in [5, 5.41) is 7.57. The lowest BCUT2D eigenvalue weighted by Crippen LogP contribution is -2.05. The first kappa shape index (κ1) is 16.0. The Kier molecular flexibility index (Phi) is 3.73. The Morgan fingerprint density at radius 1 is 1.04 bits per heavy atom. The van der Waals surface area contributed by atoms with Crippen LogP contribution in [0, 0.1) is 6.92 Å². The van der Waals surface area contributed by atoms with E-state index in [9.17, 15) is 9.59 Å². The summed E-state index contributed by atoms with van der Waals surface area (Å²) in [7, 11) is 0. The van der Waals surface area contributed by atoms with Crippen LogP contribution in [0.4, 0.5) is 17.1 Å². The zero-order chi connectivity index (χ0) is 18.3. The van der Waals surface area contributed by atoms with Crippen LogP contribution in [0.25, 0.3) is 21.9 Å². The first-order valence-corrected chi connectivity index (χ1v) is 8.10. The fourth-order valence-corrected chi connectivity index (χ4v) is 2.99. The Morgan fingerprint density at radius 3 is 2.50 bits per heavy atom. The zero-order valence-corrected chi connectivity index (χ0v) is 14.3. The molecule has 0 spiro atoms. The van der Waals surface area contributed by atoms with E-state index in [2.05, 4.69) is 10.6 Å². The number of rotatable bonds is 3. The molecule has 0 saturated heterocycles. The fraction of sp³-hybridized carbons (Fsp3) is 0.100. The van der Waals surface area contributed by atoms with E-state index in [1.54, 1.807) is 18.4 Å². The average Bonchev–Trinajstić information content (AvgIpc) is 2.99. The number of hydrogen-bond acceptors (Lipinski definition) is 5. The molecule has 2 N–H and O–H groups in total. The van der Waals surface area contributed by atoms with Gasteiger partial charge in [0.25, 0.3) is 0 Å². The summed E-state index contributed by atoms with van der Waals surface area (Å²) in [5.41, 5.74) is 3.81. The summed E-state index contributed by atoms with van der Waals surface area (Å²) in [5.74, 6) is -0.122. The second-order valence-corrected chi connectivity index (χ2v) is 6.10. The maximum Gasteiger partial charge on any atom is 0.336 e. The van der Waals surface area contributed by atoms with Crippen molar-refractivity contribution in [3.05, 3.63) is 64.7 Å². The molecule has 0 radical (unpaired) electrons. The van der Waals surface area contributed by atoms with Crippen LogP contribution in [0.2, 0.25) is 0 Å². The van der Waals surface area contributed by atoms with Crippen molar-refractivity contribution in [1.82, 2.24) is 0 Å². The zero-order valence-electron chi connectivity index (χ0n) is 14.3. The molecule has 2 aromatic carbocycles. The highest BCUT2D eigenvalue weighted by Crippen LogP contribution is 2.35. The van der Waals surface area contributed by atoms with Crippen molar-refractivity contribution in [1.29, 1.82) is 0 Å². The molecule has 4 aromatic rings. The molecule has 0 fully saturated rings. The van der Waals surface area contributed by atoms with E-state index in [1.807, 2.05) is 31.2 Å². The van der Waals surface area contributed by atoms with Gasteiger partial charge >= 0.3 is 5.63 Å². The molecular weight excluding hydrogens is 332 g/mol. The van der Waals surface area contributed by atoms with E-state index in [-0.39, 0.29) is 5.91 Å². The van der Waals surface area contributed by atoms with Gasteiger partial charge in [0.2, 0.25) is 5.91 Å². The molecule has 130 valence electrons. The molecule has 0 aliphatic carbocycles. The highest BCUT2D eigenvalue weighted by molar-refractivity contribution is 6.10. The van der Waals surface area contributed by atoms with Crippen molar-refractivity contribution in [3.63, 3.8) is 0 Å². The van der Waals surface area contributed by atoms with Crippen molar-refractivity contribution in [2.24, 2.45) is 0 Å². The number of anilines is 3.